The Labute approximate surface area is 216 Å². The van der Waals surface area contributed by atoms with Gasteiger partial charge in [-0.05, 0) is 68.8 Å². The van der Waals surface area contributed by atoms with E-state index >= 15 is 0 Å². The third-order valence-corrected chi connectivity index (χ3v) is 6.29. The fraction of sp³-hybridized carbons (Fsp3) is 0.444. The molecule has 198 valence electrons. The van der Waals surface area contributed by atoms with Crippen molar-refractivity contribution in [1.29, 1.82) is 0 Å². The molecule has 0 saturated carbocycles. The second-order valence-electron chi connectivity index (χ2n) is 9.05. The number of aromatic nitrogens is 2. The fourth-order valence-electron chi connectivity index (χ4n) is 4.31. The first-order chi connectivity index (χ1) is 18.0. The number of ether oxygens (including phenoxy) is 4. The Kier molecular flexibility index (Phi) is 8.84. The Bertz CT molecular complexity index is 1170. The van der Waals surface area contributed by atoms with Gasteiger partial charge >= 0.3 is 0 Å². The molecule has 2 atom stereocenters. The van der Waals surface area contributed by atoms with Crippen molar-refractivity contribution in [2.24, 2.45) is 5.92 Å². The molecule has 37 heavy (non-hydrogen) atoms. The van der Waals surface area contributed by atoms with Crippen LogP contribution in [0.4, 0.5) is 0 Å². The summed E-state index contributed by atoms with van der Waals surface area (Å²) in [5, 5.41) is 7.21. The minimum atomic E-state index is -0.120. The van der Waals surface area contributed by atoms with Crippen LogP contribution >= 0.6 is 0 Å². The van der Waals surface area contributed by atoms with Crippen molar-refractivity contribution in [2.45, 2.75) is 32.4 Å². The Morgan fingerprint density at radius 3 is 2.57 bits per heavy atom. The van der Waals surface area contributed by atoms with Crippen molar-refractivity contribution >= 4 is 5.91 Å². The zero-order valence-corrected chi connectivity index (χ0v) is 21.7. The first-order valence-electron chi connectivity index (χ1n) is 12.3. The fourth-order valence-corrected chi connectivity index (χ4v) is 4.31. The summed E-state index contributed by atoms with van der Waals surface area (Å²) in [4.78, 5) is 19.6. The number of carbonyl (C=O) groups is 1. The number of hydrogen-bond acceptors (Lipinski definition) is 9. The molecular weight excluding hydrogens is 476 g/mol. The van der Waals surface area contributed by atoms with E-state index in [1.54, 1.807) is 27.4 Å². The lowest BCUT2D eigenvalue weighted by Gasteiger charge is -2.31. The standard InChI is InChI=1S/C27H34N4O6/c1-18(17-36-22-10-8-21(33-2)9-11-22)28-27(32)20-6-5-13-31(15-20)16-25-29-26(30-37-25)19-7-12-23(34-3)24(14-19)35-4/h7-12,14,18,20H,5-6,13,15-17H2,1-4H3,(H,28,32). The van der Waals surface area contributed by atoms with E-state index in [0.29, 0.717) is 42.9 Å². The van der Waals surface area contributed by atoms with Gasteiger partial charge in [0.1, 0.15) is 18.1 Å². The summed E-state index contributed by atoms with van der Waals surface area (Å²) in [7, 11) is 4.80. The second kappa shape index (κ2) is 12.4. The predicted octanol–water partition coefficient (Wildman–Crippen LogP) is 3.56. The molecule has 3 aromatic rings. The van der Waals surface area contributed by atoms with Crippen LogP contribution in [0.5, 0.6) is 23.0 Å². The lowest BCUT2D eigenvalue weighted by molar-refractivity contribution is -0.127. The van der Waals surface area contributed by atoms with E-state index in [4.69, 9.17) is 23.5 Å². The van der Waals surface area contributed by atoms with Crippen molar-refractivity contribution in [3.63, 3.8) is 0 Å². The molecule has 10 nitrogen and oxygen atoms in total. The van der Waals surface area contributed by atoms with E-state index in [1.165, 1.54) is 0 Å². The molecule has 1 aliphatic heterocycles. The van der Waals surface area contributed by atoms with E-state index in [9.17, 15) is 4.79 Å². The summed E-state index contributed by atoms with van der Waals surface area (Å²) in [6, 6.07) is 12.7. The Hall–Kier alpha value is -3.79. The van der Waals surface area contributed by atoms with Gasteiger partial charge in [0, 0.05) is 12.1 Å². The van der Waals surface area contributed by atoms with Crippen LogP contribution in [0.15, 0.2) is 47.0 Å². The predicted molar refractivity (Wildman–Crippen MR) is 137 cm³/mol. The van der Waals surface area contributed by atoms with Gasteiger partial charge in [-0.25, -0.2) is 0 Å². The van der Waals surface area contributed by atoms with Gasteiger partial charge in [0.15, 0.2) is 11.5 Å². The maximum atomic E-state index is 12.9. The maximum absolute atomic E-state index is 12.9. The van der Waals surface area contributed by atoms with Gasteiger partial charge in [-0.15, -0.1) is 0 Å². The van der Waals surface area contributed by atoms with Crippen LogP contribution in [0.2, 0.25) is 0 Å². The van der Waals surface area contributed by atoms with E-state index in [2.05, 4.69) is 20.4 Å². The maximum Gasteiger partial charge on any atom is 0.241 e. The minimum absolute atomic E-state index is 0.0343. The molecule has 0 radical (unpaired) electrons. The molecule has 1 saturated heterocycles. The van der Waals surface area contributed by atoms with Gasteiger partial charge in [-0.1, -0.05) is 5.16 Å². The summed E-state index contributed by atoms with van der Waals surface area (Å²) >= 11 is 0. The molecule has 1 aliphatic rings. The molecule has 1 N–H and O–H groups in total. The van der Waals surface area contributed by atoms with Gasteiger partial charge in [0.2, 0.25) is 17.6 Å². The highest BCUT2D eigenvalue weighted by Crippen LogP contribution is 2.31. The van der Waals surface area contributed by atoms with Crippen molar-refractivity contribution in [2.75, 3.05) is 41.0 Å². The minimum Gasteiger partial charge on any atom is -0.497 e. The Balaban J connectivity index is 1.27. The first kappa shape index (κ1) is 26.3. The third-order valence-electron chi connectivity index (χ3n) is 6.29. The van der Waals surface area contributed by atoms with E-state index in [1.807, 2.05) is 43.3 Å². The second-order valence-corrected chi connectivity index (χ2v) is 9.05. The number of rotatable bonds is 11. The van der Waals surface area contributed by atoms with Crippen LogP contribution in [-0.2, 0) is 11.3 Å². The van der Waals surface area contributed by atoms with Gasteiger partial charge < -0.3 is 28.8 Å². The number of likely N-dealkylation sites (tertiary alicyclic amines) is 1. The average Bonchev–Trinajstić information content (AvgIpc) is 3.40. The number of nitrogens with zero attached hydrogens (tertiary/aromatic N) is 3. The first-order valence-corrected chi connectivity index (χ1v) is 12.3. The highest BCUT2D eigenvalue weighted by Gasteiger charge is 2.28. The highest BCUT2D eigenvalue weighted by atomic mass is 16.5. The van der Waals surface area contributed by atoms with Crippen LogP contribution < -0.4 is 24.3 Å². The van der Waals surface area contributed by atoms with Gasteiger partial charge in [0.05, 0.1) is 39.8 Å². The monoisotopic (exact) mass is 510 g/mol. The quantitative estimate of drug-likeness (QED) is 0.414. The summed E-state index contributed by atoms with van der Waals surface area (Å²) in [6.45, 7) is 4.31. The third kappa shape index (κ3) is 6.91. The SMILES string of the molecule is COc1ccc(OCC(C)NC(=O)C2CCCN(Cc3nc(-c4ccc(OC)c(OC)c4)no3)C2)cc1. The Morgan fingerprint density at radius 2 is 1.84 bits per heavy atom. The molecule has 1 aromatic heterocycles. The van der Waals surface area contributed by atoms with Crippen molar-refractivity contribution in [3.8, 4) is 34.4 Å². The highest BCUT2D eigenvalue weighted by molar-refractivity contribution is 5.79. The number of piperidine rings is 1. The smallest absolute Gasteiger partial charge is 0.241 e. The summed E-state index contributed by atoms with van der Waals surface area (Å²) in [6.07, 6.45) is 1.76. The molecule has 4 rings (SSSR count). The zero-order chi connectivity index (χ0) is 26.2. The molecule has 10 heteroatoms. The molecule has 2 aromatic carbocycles. The Morgan fingerprint density at radius 1 is 1.08 bits per heavy atom. The van der Waals surface area contributed by atoms with Gasteiger partial charge in [0.25, 0.3) is 0 Å². The molecule has 1 fully saturated rings. The molecule has 0 bridgehead atoms. The summed E-state index contributed by atoms with van der Waals surface area (Å²) < 4.78 is 27.1. The molecule has 2 unspecified atom stereocenters. The molecule has 1 amide bonds. The largest absolute Gasteiger partial charge is 0.497 e. The van der Waals surface area contributed by atoms with Crippen molar-refractivity contribution in [1.82, 2.24) is 20.4 Å². The lowest BCUT2D eigenvalue weighted by atomic mass is 9.97. The van der Waals surface area contributed by atoms with E-state index < -0.39 is 0 Å². The summed E-state index contributed by atoms with van der Waals surface area (Å²) in [5.74, 6) is 3.65. The number of hydrogen-bond donors (Lipinski definition) is 1. The van der Waals surface area contributed by atoms with Crippen molar-refractivity contribution in [3.05, 3.63) is 48.4 Å². The van der Waals surface area contributed by atoms with Crippen LogP contribution in [0.1, 0.15) is 25.7 Å². The molecule has 0 aliphatic carbocycles. The summed E-state index contributed by atoms with van der Waals surface area (Å²) in [5.41, 5.74) is 0.773. The molecular formula is C27H34N4O6. The number of amides is 1. The molecule has 2 heterocycles. The van der Waals surface area contributed by atoms with Crippen LogP contribution in [0.3, 0.4) is 0 Å². The normalized spacial score (nSPS) is 16.6. The molecule has 0 spiro atoms. The zero-order valence-electron chi connectivity index (χ0n) is 21.7. The van der Waals surface area contributed by atoms with Crippen LogP contribution in [0, 0.1) is 5.92 Å². The topological polar surface area (TPSA) is 108 Å². The van der Waals surface area contributed by atoms with Crippen LogP contribution in [-0.4, -0.2) is 68.0 Å². The lowest BCUT2D eigenvalue weighted by Crippen LogP contribution is -2.46. The van der Waals surface area contributed by atoms with Crippen molar-refractivity contribution < 1.29 is 28.3 Å². The van der Waals surface area contributed by atoms with E-state index in [0.717, 1.165) is 36.4 Å². The number of carbonyl (C=O) groups excluding carboxylic acids is 1. The van der Waals surface area contributed by atoms with Gasteiger partial charge in [-0.2, -0.15) is 4.98 Å². The number of methoxy groups -OCH3 is 3. The number of benzene rings is 2. The average molecular weight is 511 g/mol. The van der Waals surface area contributed by atoms with Gasteiger partial charge in [-0.3, -0.25) is 9.69 Å². The number of nitrogens with one attached hydrogen (secondary N) is 1. The van der Waals surface area contributed by atoms with E-state index in [-0.39, 0.29) is 17.9 Å². The van der Waals surface area contributed by atoms with Crippen LogP contribution in [0.25, 0.3) is 11.4 Å².